The number of ether oxygens (including phenoxy) is 2. The van der Waals surface area contributed by atoms with Crippen molar-refractivity contribution in [3.63, 3.8) is 0 Å². The van der Waals surface area contributed by atoms with Crippen LogP contribution in [-0.2, 0) is 66.7 Å². The topological polar surface area (TPSA) is 221 Å². The summed E-state index contributed by atoms with van der Waals surface area (Å²) in [6, 6.07) is 25.4. The largest absolute Gasteiger partial charge is 0.452 e. The smallest absolute Gasteiger partial charge is 0.421 e. The zero-order valence-corrected chi connectivity index (χ0v) is 43.9. The Labute approximate surface area is 418 Å². The molecule has 16 nitrogen and oxygen atoms in total. The van der Waals surface area contributed by atoms with Gasteiger partial charge in [-0.3, -0.25) is 0 Å². The van der Waals surface area contributed by atoms with Gasteiger partial charge in [-0.25, -0.2) is 45.8 Å². The van der Waals surface area contributed by atoms with Gasteiger partial charge in [0, 0.05) is 49.0 Å². The standard InChI is InChI=1S/C28H37N3O5S.C25H31N3O5S/c1-6-7-16-36-27(32)30-37(34,35)25-13-10-22(17-20(2)3)18-24(25)23-11-8-21(9-12-23)19-31-15-14-29-26(31)28(4,5)33;1-17(2)14-19-8-11-22(34(31,32)27-24(29)33-5)21(15-19)20-9-6-18(7-10-20)16-28-13-12-26-23(28)25(3,4)30/h8-15,18,20,33H,6-7,16-17,19H2,1-5H3,(H,30,32);6-13,15,17,30H,14,16H2,1-5H3,(H,27,29). The van der Waals surface area contributed by atoms with E-state index in [9.17, 15) is 36.6 Å². The molecule has 4 N–H and O–H groups in total. The number of carbonyl (C=O) groups is 2. The van der Waals surface area contributed by atoms with Gasteiger partial charge in [-0.1, -0.05) is 102 Å². The van der Waals surface area contributed by atoms with Crippen LogP contribution < -0.4 is 9.44 Å². The van der Waals surface area contributed by atoms with Crippen LogP contribution in [0.2, 0.25) is 0 Å². The third-order valence-corrected chi connectivity index (χ3v) is 13.8. The number of benzene rings is 4. The molecule has 6 aromatic rings. The van der Waals surface area contributed by atoms with Crippen molar-refractivity contribution in [3.05, 3.63) is 144 Å². The first-order chi connectivity index (χ1) is 33.3. The molecule has 2 heterocycles. The zero-order valence-electron chi connectivity index (χ0n) is 42.3. The summed E-state index contributed by atoms with van der Waals surface area (Å²) in [6.07, 6.45) is 7.95. The van der Waals surface area contributed by atoms with Crippen LogP contribution in [0.1, 0.15) is 109 Å². The lowest BCUT2D eigenvalue weighted by Crippen LogP contribution is -2.31. The number of aliphatic hydroxyl groups is 2. The minimum absolute atomic E-state index is 0.00270. The van der Waals surface area contributed by atoms with Crippen LogP contribution in [-0.4, -0.2) is 72.1 Å². The van der Waals surface area contributed by atoms with E-state index < -0.39 is 43.4 Å². The van der Waals surface area contributed by atoms with E-state index in [4.69, 9.17) is 4.74 Å². The van der Waals surface area contributed by atoms with Crippen LogP contribution in [0.3, 0.4) is 0 Å². The molecule has 4 aromatic carbocycles. The molecule has 0 aliphatic carbocycles. The van der Waals surface area contributed by atoms with Gasteiger partial charge >= 0.3 is 12.2 Å². The third kappa shape index (κ3) is 15.6. The molecule has 18 heteroatoms. The molecule has 0 bridgehead atoms. The number of rotatable bonds is 19. The summed E-state index contributed by atoms with van der Waals surface area (Å²) >= 11 is 0. The number of aromatic nitrogens is 4. The van der Waals surface area contributed by atoms with Crippen LogP contribution in [0.4, 0.5) is 9.59 Å². The minimum atomic E-state index is -4.16. The number of hydrogen-bond donors (Lipinski definition) is 4. The Morgan fingerprint density at radius 2 is 1.00 bits per heavy atom. The first-order valence-electron chi connectivity index (χ1n) is 23.5. The number of unbranched alkanes of at least 4 members (excludes halogenated alkanes) is 1. The summed E-state index contributed by atoms with van der Waals surface area (Å²) in [5.41, 5.74) is 4.21. The summed E-state index contributed by atoms with van der Waals surface area (Å²) in [7, 11) is -7.18. The highest BCUT2D eigenvalue weighted by molar-refractivity contribution is 7.90. The Balaban J connectivity index is 0.000000265. The molecule has 2 amide bonds. The summed E-state index contributed by atoms with van der Waals surface area (Å²) in [5, 5.41) is 20.7. The highest BCUT2D eigenvalue weighted by atomic mass is 32.2. The number of amides is 2. The van der Waals surface area contributed by atoms with Gasteiger partial charge in [-0.15, -0.1) is 0 Å². The van der Waals surface area contributed by atoms with Gasteiger partial charge in [-0.2, -0.15) is 0 Å². The van der Waals surface area contributed by atoms with E-state index in [-0.39, 0.29) is 16.4 Å². The lowest BCUT2D eigenvalue weighted by atomic mass is 9.97. The van der Waals surface area contributed by atoms with Crippen LogP contribution in [0, 0.1) is 11.8 Å². The molecule has 0 atom stereocenters. The molecule has 2 aromatic heterocycles. The number of imidazole rings is 2. The SMILES string of the molecule is CCCCOC(=O)NS(=O)(=O)c1ccc(CC(C)C)cc1-c1ccc(Cn2ccnc2C(C)(C)O)cc1.COC(=O)NS(=O)(=O)c1ccc(CC(C)C)cc1-c1ccc(Cn2ccnc2C(C)(C)O)cc1. The van der Waals surface area contributed by atoms with Gasteiger partial charge in [0.05, 0.1) is 23.5 Å². The van der Waals surface area contributed by atoms with Gasteiger partial charge in [-0.05, 0) is 116 Å². The fourth-order valence-electron chi connectivity index (χ4n) is 7.89. The molecular formula is C53H68N6O10S2. The van der Waals surface area contributed by atoms with Gasteiger partial charge in [0.2, 0.25) is 0 Å². The monoisotopic (exact) mass is 1010 g/mol. The van der Waals surface area contributed by atoms with Gasteiger partial charge < -0.3 is 28.8 Å². The quantitative estimate of drug-likeness (QED) is 0.0558. The molecule has 71 heavy (non-hydrogen) atoms. The molecule has 0 saturated heterocycles. The normalized spacial score (nSPS) is 12.1. The fourth-order valence-corrected chi connectivity index (χ4v) is 10.1. The highest BCUT2D eigenvalue weighted by Crippen LogP contribution is 2.32. The summed E-state index contributed by atoms with van der Waals surface area (Å²) in [6.45, 7) is 18.3. The van der Waals surface area contributed by atoms with Crippen molar-refractivity contribution in [2.24, 2.45) is 11.8 Å². The van der Waals surface area contributed by atoms with E-state index in [1.165, 1.54) is 6.07 Å². The van der Waals surface area contributed by atoms with Crippen LogP contribution >= 0.6 is 0 Å². The van der Waals surface area contributed by atoms with Crippen molar-refractivity contribution in [3.8, 4) is 22.3 Å². The van der Waals surface area contributed by atoms with Crippen LogP contribution in [0.25, 0.3) is 22.3 Å². The third-order valence-electron chi connectivity index (χ3n) is 11.1. The summed E-state index contributed by atoms with van der Waals surface area (Å²) in [5.74, 6) is 1.90. The molecular weight excluding hydrogens is 945 g/mol. The molecule has 0 aliphatic heterocycles. The van der Waals surface area contributed by atoms with Crippen molar-refractivity contribution in [1.29, 1.82) is 0 Å². The average molecular weight is 1010 g/mol. The maximum absolute atomic E-state index is 13.2. The van der Waals surface area contributed by atoms with Crippen molar-refractivity contribution in [2.45, 2.75) is 122 Å². The maximum Gasteiger partial charge on any atom is 0.421 e. The maximum atomic E-state index is 13.2. The van der Waals surface area contributed by atoms with E-state index in [1.54, 1.807) is 64.5 Å². The van der Waals surface area contributed by atoms with Crippen LogP contribution in [0.15, 0.2) is 120 Å². The van der Waals surface area contributed by atoms with Crippen molar-refractivity contribution >= 4 is 32.2 Å². The Morgan fingerprint density at radius 1 is 0.620 bits per heavy atom. The predicted octanol–water partition coefficient (Wildman–Crippen LogP) is 9.31. The Morgan fingerprint density at radius 3 is 1.35 bits per heavy atom. The fraction of sp³-hybridized carbons (Fsp3) is 0.396. The van der Waals surface area contributed by atoms with E-state index in [2.05, 4.69) is 42.4 Å². The van der Waals surface area contributed by atoms with E-state index in [1.807, 2.05) is 92.4 Å². The summed E-state index contributed by atoms with van der Waals surface area (Å²) in [4.78, 5) is 32.3. The van der Waals surface area contributed by atoms with Crippen molar-refractivity contribution in [2.75, 3.05) is 13.7 Å². The molecule has 382 valence electrons. The number of hydrogen-bond acceptors (Lipinski definition) is 12. The second-order valence-electron chi connectivity index (χ2n) is 19.3. The number of sulfonamides is 2. The summed E-state index contributed by atoms with van der Waals surface area (Å²) < 4.78 is 69.3. The minimum Gasteiger partial charge on any atom is -0.452 e. The Bertz CT molecular complexity index is 2970. The lowest BCUT2D eigenvalue weighted by Gasteiger charge is -2.19. The van der Waals surface area contributed by atoms with E-state index >= 15 is 0 Å². The van der Waals surface area contributed by atoms with Gasteiger partial charge in [0.25, 0.3) is 20.0 Å². The predicted molar refractivity (Wildman–Crippen MR) is 273 cm³/mol. The molecule has 0 saturated carbocycles. The zero-order chi connectivity index (χ0) is 52.3. The first kappa shape index (κ1) is 55.6. The number of nitrogens with zero attached hydrogens (tertiary/aromatic N) is 4. The number of methoxy groups -OCH3 is 1. The molecule has 0 spiro atoms. The Hall–Kier alpha value is -6.34. The Kier molecular flexibility index (Phi) is 18.6. The van der Waals surface area contributed by atoms with Gasteiger partial charge in [0.1, 0.15) is 22.9 Å². The van der Waals surface area contributed by atoms with E-state index in [0.29, 0.717) is 65.2 Å². The number of carbonyl (C=O) groups excluding carboxylic acids is 2. The molecule has 0 radical (unpaired) electrons. The van der Waals surface area contributed by atoms with Crippen LogP contribution in [0.5, 0.6) is 0 Å². The molecule has 6 rings (SSSR count). The second-order valence-corrected chi connectivity index (χ2v) is 22.6. The van der Waals surface area contributed by atoms with Crippen molar-refractivity contribution < 1.29 is 46.1 Å². The van der Waals surface area contributed by atoms with Crippen molar-refractivity contribution in [1.82, 2.24) is 28.5 Å². The lowest BCUT2D eigenvalue weighted by molar-refractivity contribution is 0.0647. The first-order valence-corrected chi connectivity index (χ1v) is 26.5. The molecule has 0 unspecified atom stereocenters. The molecule has 0 aliphatic rings. The second kappa shape index (κ2) is 23.7. The highest BCUT2D eigenvalue weighted by Gasteiger charge is 2.27. The average Bonchev–Trinajstić information content (AvgIpc) is 3.97. The van der Waals surface area contributed by atoms with Gasteiger partial charge in [0.15, 0.2) is 0 Å². The molecule has 0 fully saturated rings. The van der Waals surface area contributed by atoms with E-state index in [0.717, 1.165) is 48.6 Å². The number of nitrogens with one attached hydrogen (secondary N) is 2.